The van der Waals surface area contributed by atoms with Crippen LogP contribution < -0.4 is 0 Å². The van der Waals surface area contributed by atoms with Crippen LogP contribution in [0.3, 0.4) is 0 Å². The number of carbonyl (C=O) groups excluding carboxylic acids is 1. The third kappa shape index (κ3) is 1.55. The van der Waals surface area contributed by atoms with E-state index in [1.54, 1.807) is 0 Å². The summed E-state index contributed by atoms with van der Waals surface area (Å²) in [6, 6.07) is 0. The lowest BCUT2D eigenvalue weighted by molar-refractivity contribution is -0.144. The highest BCUT2D eigenvalue weighted by atomic mass is 16.8. The molecule has 4 nitrogen and oxygen atoms in total. The maximum absolute atomic E-state index is 10.6. The van der Waals surface area contributed by atoms with Gasteiger partial charge in [-0.05, 0) is 19.8 Å². The van der Waals surface area contributed by atoms with E-state index < -0.39 is 5.79 Å². The zero-order valence-corrected chi connectivity index (χ0v) is 11.2. The van der Waals surface area contributed by atoms with Crippen molar-refractivity contribution in [2.75, 3.05) is 0 Å². The van der Waals surface area contributed by atoms with Crippen LogP contribution in [0.25, 0.3) is 0 Å². The summed E-state index contributed by atoms with van der Waals surface area (Å²) in [7, 11) is 0. The highest BCUT2D eigenvalue weighted by Crippen LogP contribution is 2.69. The molecular formula is C14H22O4. The number of unbranched alkanes of at least 4 members (excludes halogenated alkanes) is 3. The van der Waals surface area contributed by atoms with Crippen LogP contribution in [0.1, 0.15) is 58.8 Å². The van der Waals surface area contributed by atoms with E-state index in [4.69, 9.17) is 14.2 Å². The van der Waals surface area contributed by atoms with Gasteiger partial charge in [-0.3, -0.25) is 4.79 Å². The Bertz CT molecular complexity index is 358. The fourth-order valence-corrected chi connectivity index (χ4v) is 3.68. The largest absolute Gasteiger partial charge is 0.432 e. The molecule has 3 fully saturated rings. The molecule has 4 atom stereocenters. The van der Waals surface area contributed by atoms with Gasteiger partial charge in [0.15, 0.2) is 6.10 Å². The van der Waals surface area contributed by atoms with Gasteiger partial charge in [0.25, 0.3) is 6.47 Å². The van der Waals surface area contributed by atoms with Crippen LogP contribution in [-0.4, -0.2) is 29.6 Å². The van der Waals surface area contributed by atoms with Gasteiger partial charge in [-0.1, -0.05) is 32.6 Å². The Balaban J connectivity index is 1.63. The molecule has 2 heterocycles. The average molecular weight is 254 g/mol. The SMILES string of the molecule is CCCCCCC12OC1(C)CCC1(OC=O)OC12. The average Bonchev–Trinajstić information content (AvgIpc) is 3.19. The van der Waals surface area contributed by atoms with Crippen molar-refractivity contribution >= 4 is 6.47 Å². The predicted octanol–water partition coefficient (Wildman–Crippen LogP) is 2.55. The molecule has 0 radical (unpaired) electrons. The molecule has 0 spiro atoms. The Morgan fingerprint density at radius 3 is 2.89 bits per heavy atom. The molecule has 4 unspecified atom stereocenters. The normalized spacial score (nSPS) is 48.0. The highest BCUT2D eigenvalue weighted by molar-refractivity contribution is 5.41. The second kappa shape index (κ2) is 3.94. The Morgan fingerprint density at radius 1 is 1.33 bits per heavy atom. The second-order valence-electron chi connectivity index (χ2n) is 6.06. The maximum Gasteiger partial charge on any atom is 0.295 e. The Hall–Kier alpha value is -0.610. The van der Waals surface area contributed by atoms with Crippen molar-refractivity contribution in [2.45, 2.75) is 81.9 Å². The minimum atomic E-state index is -0.650. The fourth-order valence-electron chi connectivity index (χ4n) is 3.68. The van der Waals surface area contributed by atoms with Crippen molar-refractivity contribution in [1.29, 1.82) is 0 Å². The van der Waals surface area contributed by atoms with Crippen LogP contribution >= 0.6 is 0 Å². The van der Waals surface area contributed by atoms with E-state index in [9.17, 15) is 4.79 Å². The number of hydrogen-bond donors (Lipinski definition) is 0. The summed E-state index contributed by atoms with van der Waals surface area (Å²) in [6.07, 6.45) is 7.60. The van der Waals surface area contributed by atoms with Crippen molar-refractivity contribution in [3.8, 4) is 0 Å². The van der Waals surface area contributed by atoms with Gasteiger partial charge < -0.3 is 14.2 Å². The smallest absolute Gasteiger partial charge is 0.295 e. The molecule has 0 aromatic heterocycles. The molecule has 1 aliphatic carbocycles. The van der Waals surface area contributed by atoms with Gasteiger partial charge in [0.2, 0.25) is 5.79 Å². The predicted molar refractivity (Wildman–Crippen MR) is 65.0 cm³/mol. The number of carbonyl (C=O) groups is 1. The van der Waals surface area contributed by atoms with Gasteiger partial charge in [0.05, 0.1) is 5.60 Å². The van der Waals surface area contributed by atoms with E-state index in [1.165, 1.54) is 25.7 Å². The van der Waals surface area contributed by atoms with Crippen LogP contribution in [-0.2, 0) is 19.0 Å². The molecular weight excluding hydrogens is 232 g/mol. The topological polar surface area (TPSA) is 51.4 Å². The van der Waals surface area contributed by atoms with Gasteiger partial charge in [-0.25, -0.2) is 0 Å². The molecule has 3 aliphatic rings. The lowest BCUT2D eigenvalue weighted by Crippen LogP contribution is -2.40. The van der Waals surface area contributed by atoms with Crippen molar-refractivity contribution in [2.24, 2.45) is 0 Å². The highest BCUT2D eigenvalue weighted by Gasteiger charge is 2.85. The van der Waals surface area contributed by atoms with E-state index in [-0.39, 0.29) is 17.3 Å². The summed E-state index contributed by atoms with van der Waals surface area (Å²) in [5, 5.41) is 0. The first-order valence-corrected chi connectivity index (χ1v) is 7.12. The maximum atomic E-state index is 10.6. The fraction of sp³-hybridized carbons (Fsp3) is 0.929. The van der Waals surface area contributed by atoms with Crippen LogP contribution in [0.4, 0.5) is 0 Å². The minimum Gasteiger partial charge on any atom is -0.432 e. The van der Waals surface area contributed by atoms with Gasteiger partial charge in [-0.15, -0.1) is 0 Å². The number of fused-ring (bicyclic) bond motifs is 3. The van der Waals surface area contributed by atoms with Crippen LogP contribution in [0, 0.1) is 0 Å². The zero-order valence-electron chi connectivity index (χ0n) is 11.2. The first-order chi connectivity index (χ1) is 8.62. The monoisotopic (exact) mass is 254 g/mol. The number of hydrogen-bond acceptors (Lipinski definition) is 4. The first kappa shape index (κ1) is 12.4. The van der Waals surface area contributed by atoms with E-state index in [0.29, 0.717) is 6.47 Å². The summed E-state index contributed by atoms with van der Waals surface area (Å²) >= 11 is 0. The minimum absolute atomic E-state index is 0.0319. The lowest BCUT2D eigenvalue weighted by Gasteiger charge is -2.23. The van der Waals surface area contributed by atoms with Crippen LogP contribution in [0.5, 0.6) is 0 Å². The van der Waals surface area contributed by atoms with Crippen LogP contribution in [0.15, 0.2) is 0 Å². The van der Waals surface area contributed by atoms with Gasteiger partial charge in [-0.2, -0.15) is 0 Å². The van der Waals surface area contributed by atoms with Gasteiger partial charge >= 0.3 is 0 Å². The van der Waals surface area contributed by atoms with Crippen LogP contribution in [0.2, 0.25) is 0 Å². The summed E-state index contributed by atoms with van der Waals surface area (Å²) in [5.74, 6) is -0.650. The molecule has 18 heavy (non-hydrogen) atoms. The van der Waals surface area contributed by atoms with E-state index in [2.05, 4.69) is 13.8 Å². The van der Waals surface area contributed by atoms with Gasteiger partial charge in [0.1, 0.15) is 5.60 Å². The Kier molecular flexibility index (Phi) is 2.72. The molecule has 0 aromatic rings. The standard InChI is InChI=1S/C14H22O4/c1-3-4-5-6-7-13-11-14(17-11,16-10-15)9-8-12(13,2)18-13/h10-11H,3-9H2,1-2H3. The molecule has 0 amide bonds. The Morgan fingerprint density at radius 2 is 2.17 bits per heavy atom. The zero-order chi connectivity index (χ0) is 12.9. The van der Waals surface area contributed by atoms with E-state index in [1.807, 2.05) is 0 Å². The van der Waals surface area contributed by atoms with Crippen molar-refractivity contribution < 1.29 is 19.0 Å². The summed E-state index contributed by atoms with van der Waals surface area (Å²) < 4.78 is 16.9. The number of rotatable bonds is 7. The van der Waals surface area contributed by atoms with Crippen molar-refractivity contribution in [1.82, 2.24) is 0 Å². The first-order valence-electron chi connectivity index (χ1n) is 7.12. The quantitative estimate of drug-likeness (QED) is 0.398. The number of ether oxygens (including phenoxy) is 3. The lowest BCUT2D eigenvalue weighted by atomic mass is 9.76. The molecule has 1 saturated carbocycles. The van der Waals surface area contributed by atoms with E-state index in [0.717, 1.165) is 19.3 Å². The summed E-state index contributed by atoms with van der Waals surface area (Å²) in [4.78, 5) is 10.6. The molecule has 0 N–H and O–H groups in total. The molecule has 102 valence electrons. The molecule has 0 bridgehead atoms. The molecule has 2 saturated heterocycles. The molecule has 4 heteroatoms. The van der Waals surface area contributed by atoms with Crippen molar-refractivity contribution in [3.05, 3.63) is 0 Å². The molecule has 2 aliphatic heterocycles. The molecule has 0 aromatic carbocycles. The molecule has 3 rings (SSSR count). The number of epoxide rings is 2. The van der Waals surface area contributed by atoms with E-state index >= 15 is 0 Å². The summed E-state index contributed by atoms with van der Waals surface area (Å²) in [6.45, 7) is 4.89. The van der Waals surface area contributed by atoms with Gasteiger partial charge in [0, 0.05) is 6.42 Å². The second-order valence-corrected chi connectivity index (χ2v) is 6.06. The Labute approximate surface area is 108 Å². The summed E-state index contributed by atoms with van der Waals surface area (Å²) in [5.41, 5.74) is -0.224. The third-order valence-electron chi connectivity index (χ3n) is 4.94. The third-order valence-corrected chi connectivity index (χ3v) is 4.94. The van der Waals surface area contributed by atoms with Crippen molar-refractivity contribution in [3.63, 3.8) is 0 Å².